The van der Waals surface area contributed by atoms with E-state index in [9.17, 15) is 4.79 Å². The van der Waals surface area contributed by atoms with Gasteiger partial charge in [-0.15, -0.1) is 0 Å². The minimum atomic E-state index is 0.0479. The molecule has 1 N–H and O–H groups in total. The maximum atomic E-state index is 13.2. The number of rotatable bonds is 4. The number of nitrogens with zero attached hydrogens (tertiary/aromatic N) is 1. The Bertz CT molecular complexity index is 420. The van der Waals surface area contributed by atoms with Gasteiger partial charge in [0.25, 0.3) is 0 Å². The zero-order valence-corrected chi connectivity index (χ0v) is 18.0. The Morgan fingerprint density at radius 1 is 0.833 bits per heavy atom. The molecule has 24 heavy (non-hydrogen) atoms. The average molecular weight is 339 g/mol. The quantitative estimate of drug-likeness (QED) is 0.731. The summed E-state index contributed by atoms with van der Waals surface area (Å²) in [7, 11) is 0. The van der Waals surface area contributed by atoms with E-state index in [1.807, 2.05) is 0 Å². The lowest BCUT2D eigenvalue weighted by Gasteiger charge is -2.47. The topological polar surface area (TPSA) is 32.3 Å². The number of carbonyl (C=O) groups excluding carboxylic acids is 1. The predicted molar refractivity (Wildman–Crippen MR) is 104 cm³/mol. The third-order valence-corrected chi connectivity index (χ3v) is 5.77. The van der Waals surface area contributed by atoms with E-state index in [-0.39, 0.29) is 29.6 Å². The first-order chi connectivity index (χ1) is 10.8. The van der Waals surface area contributed by atoms with Gasteiger partial charge in [-0.3, -0.25) is 0 Å². The summed E-state index contributed by atoms with van der Waals surface area (Å²) in [5.74, 6) is 2.50. The first kappa shape index (κ1) is 21.3. The van der Waals surface area contributed by atoms with Crippen LogP contribution in [0.3, 0.4) is 0 Å². The van der Waals surface area contributed by atoms with Gasteiger partial charge in [-0.1, -0.05) is 62.3 Å². The Kier molecular flexibility index (Phi) is 6.80. The molecule has 4 atom stereocenters. The van der Waals surface area contributed by atoms with Gasteiger partial charge in [-0.2, -0.15) is 0 Å². The molecule has 1 heterocycles. The van der Waals surface area contributed by atoms with Crippen LogP contribution >= 0.6 is 0 Å². The first-order valence-corrected chi connectivity index (χ1v) is 9.89. The SMILES string of the molecule is CC(C)C1C(C(C)C)C(C(C)(C)C)NC(=O)N(C(C)C)C1C(C)C. The van der Waals surface area contributed by atoms with Crippen LogP contribution in [0.25, 0.3) is 0 Å². The van der Waals surface area contributed by atoms with E-state index >= 15 is 0 Å². The zero-order chi connectivity index (χ0) is 19.0. The third kappa shape index (κ3) is 4.26. The summed E-state index contributed by atoms with van der Waals surface area (Å²) < 4.78 is 0. The maximum absolute atomic E-state index is 13.2. The van der Waals surface area contributed by atoms with Gasteiger partial charge in [-0.25, -0.2) is 4.79 Å². The molecular formula is C21H42N2O. The number of urea groups is 1. The van der Waals surface area contributed by atoms with Crippen LogP contribution < -0.4 is 5.32 Å². The molecule has 3 heteroatoms. The van der Waals surface area contributed by atoms with Crippen molar-refractivity contribution in [2.45, 2.75) is 94.3 Å². The monoisotopic (exact) mass is 338 g/mol. The molecule has 1 saturated heterocycles. The summed E-state index contributed by atoms with van der Waals surface area (Å²) in [4.78, 5) is 15.3. The lowest BCUT2D eigenvalue weighted by molar-refractivity contribution is 0.0325. The molecule has 4 unspecified atom stereocenters. The van der Waals surface area contributed by atoms with Gasteiger partial charge in [0, 0.05) is 18.1 Å². The standard InChI is InChI=1S/C21H42N2O/c1-12(2)16-17(13(3)4)19(21(9,10)11)22-20(24)23(15(7)8)18(16)14(5)6/h12-19H,1-11H3,(H,22,24). The van der Waals surface area contributed by atoms with Crippen molar-refractivity contribution in [2.75, 3.05) is 0 Å². The van der Waals surface area contributed by atoms with Crippen LogP contribution in [0.2, 0.25) is 0 Å². The molecular weight excluding hydrogens is 296 g/mol. The Morgan fingerprint density at radius 2 is 1.29 bits per heavy atom. The molecule has 142 valence electrons. The third-order valence-electron chi connectivity index (χ3n) is 5.77. The smallest absolute Gasteiger partial charge is 0.318 e. The highest BCUT2D eigenvalue weighted by molar-refractivity contribution is 5.76. The molecule has 1 fully saturated rings. The average Bonchev–Trinajstić information content (AvgIpc) is 2.51. The van der Waals surface area contributed by atoms with Crippen LogP contribution in [0, 0.1) is 35.0 Å². The van der Waals surface area contributed by atoms with Crippen molar-refractivity contribution in [1.29, 1.82) is 0 Å². The number of nitrogens with one attached hydrogen (secondary N) is 1. The molecule has 0 aromatic rings. The lowest BCUT2D eigenvalue weighted by atomic mass is 9.63. The normalized spacial score (nSPS) is 29.6. The minimum Gasteiger partial charge on any atom is -0.334 e. The summed E-state index contributed by atoms with van der Waals surface area (Å²) in [5.41, 5.74) is 0.0479. The highest BCUT2D eigenvalue weighted by atomic mass is 16.2. The highest BCUT2D eigenvalue weighted by Gasteiger charge is 2.50. The van der Waals surface area contributed by atoms with E-state index in [2.05, 4.69) is 86.4 Å². The molecule has 1 aliphatic heterocycles. The second-order valence-electron chi connectivity index (χ2n) is 10.2. The van der Waals surface area contributed by atoms with Crippen molar-refractivity contribution in [3.8, 4) is 0 Å². The van der Waals surface area contributed by atoms with E-state index in [1.54, 1.807) is 0 Å². The molecule has 0 saturated carbocycles. The Labute approximate surface area is 151 Å². The molecule has 0 spiro atoms. The molecule has 0 bridgehead atoms. The van der Waals surface area contributed by atoms with Crippen LogP contribution in [0.4, 0.5) is 4.79 Å². The van der Waals surface area contributed by atoms with Crippen LogP contribution in [-0.2, 0) is 0 Å². The van der Waals surface area contributed by atoms with Crippen molar-refractivity contribution in [3.05, 3.63) is 0 Å². The van der Waals surface area contributed by atoms with Gasteiger partial charge in [-0.05, 0) is 48.9 Å². The van der Waals surface area contributed by atoms with Crippen molar-refractivity contribution in [2.24, 2.45) is 35.0 Å². The van der Waals surface area contributed by atoms with Gasteiger partial charge in [0.2, 0.25) is 0 Å². The largest absolute Gasteiger partial charge is 0.334 e. The Balaban J connectivity index is 3.58. The van der Waals surface area contributed by atoms with Gasteiger partial charge < -0.3 is 10.2 Å². The molecule has 0 aromatic heterocycles. The van der Waals surface area contributed by atoms with Gasteiger partial charge in [0.1, 0.15) is 0 Å². The van der Waals surface area contributed by atoms with E-state index < -0.39 is 0 Å². The number of carbonyl (C=O) groups is 1. The van der Waals surface area contributed by atoms with Gasteiger partial charge >= 0.3 is 6.03 Å². The summed E-state index contributed by atoms with van der Waals surface area (Å²) in [6.45, 7) is 25.0. The van der Waals surface area contributed by atoms with Crippen LogP contribution in [0.5, 0.6) is 0 Å². The summed E-state index contributed by atoms with van der Waals surface area (Å²) in [5, 5.41) is 3.44. The van der Waals surface area contributed by atoms with Gasteiger partial charge in [0.15, 0.2) is 0 Å². The van der Waals surface area contributed by atoms with Gasteiger partial charge in [0.05, 0.1) is 0 Å². The van der Waals surface area contributed by atoms with E-state index in [0.29, 0.717) is 29.6 Å². The second kappa shape index (κ2) is 7.66. The van der Waals surface area contributed by atoms with Crippen molar-refractivity contribution >= 4 is 6.03 Å². The minimum absolute atomic E-state index is 0.0479. The number of hydrogen-bond donors (Lipinski definition) is 1. The summed E-state index contributed by atoms with van der Waals surface area (Å²) in [6.07, 6.45) is 0. The fourth-order valence-electron chi connectivity index (χ4n) is 4.88. The fourth-order valence-corrected chi connectivity index (χ4v) is 4.88. The van der Waals surface area contributed by atoms with Crippen LogP contribution in [-0.4, -0.2) is 29.1 Å². The molecule has 0 radical (unpaired) electrons. The van der Waals surface area contributed by atoms with E-state index in [1.165, 1.54) is 0 Å². The lowest BCUT2D eigenvalue weighted by Crippen LogP contribution is -2.53. The molecule has 1 rings (SSSR count). The molecule has 0 aliphatic carbocycles. The Morgan fingerprint density at radius 3 is 1.58 bits per heavy atom. The predicted octanol–water partition coefficient (Wildman–Crippen LogP) is 5.40. The Hall–Kier alpha value is -0.730. The van der Waals surface area contributed by atoms with Crippen molar-refractivity contribution in [3.63, 3.8) is 0 Å². The fraction of sp³-hybridized carbons (Fsp3) is 0.952. The maximum Gasteiger partial charge on any atom is 0.318 e. The van der Waals surface area contributed by atoms with Crippen molar-refractivity contribution < 1.29 is 4.79 Å². The first-order valence-electron chi connectivity index (χ1n) is 9.89. The molecule has 0 aromatic carbocycles. The zero-order valence-electron chi connectivity index (χ0n) is 18.0. The summed E-state index contributed by atoms with van der Waals surface area (Å²) in [6, 6.07) is 0.815. The second-order valence-corrected chi connectivity index (χ2v) is 10.2. The molecule has 3 nitrogen and oxygen atoms in total. The number of hydrogen-bond acceptors (Lipinski definition) is 1. The van der Waals surface area contributed by atoms with E-state index in [4.69, 9.17) is 0 Å². The molecule has 1 aliphatic rings. The molecule has 2 amide bonds. The highest BCUT2D eigenvalue weighted by Crippen LogP contribution is 2.44. The van der Waals surface area contributed by atoms with E-state index in [0.717, 1.165) is 0 Å². The van der Waals surface area contributed by atoms with Crippen LogP contribution in [0.15, 0.2) is 0 Å². The van der Waals surface area contributed by atoms with Crippen molar-refractivity contribution in [1.82, 2.24) is 10.2 Å². The number of amides is 2. The van der Waals surface area contributed by atoms with Crippen LogP contribution in [0.1, 0.15) is 76.2 Å². The summed E-state index contributed by atoms with van der Waals surface area (Å²) >= 11 is 0.